The molecule has 7 heteroatoms. The number of aromatic amines is 1. The van der Waals surface area contributed by atoms with Crippen LogP contribution >= 0.6 is 0 Å². The van der Waals surface area contributed by atoms with Gasteiger partial charge in [0.15, 0.2) is 11.5 Å². The van der Waals surface area contributed by atoms with Gasteiger partial charge in [0.05, 0.1) is 0 Å². The Balaban J connectivity index is 2.55. The largest absolute Gasteiger partial charge is 0.382 e. The van der Waals surface area contributed by atoms with Crippen molar-refractivity contribution in [1.29, 1.82) is 0 Å². The number of hydrogen-bond acceptors (Lipinski definition) is 6. The molecule has 7 nitrogen and oxygen atoms in total. The third-order valence-electron chi connectivity index (χ3n) is 1.28. The van der Waals surface area contributed by atoms with E-state index >= 15 is 0 Å². The van der Waals surface area contributed by atoms with E-state index in [1.54, 1.807) is 0 Å². The van der Waals surface area contributed by atoms with Crippen molar-refractivity contribution in [2.45, 2.75) is 0 Å². The SMILES string of the molecule is Nc1nccnc1-c1nn[nH]n1. The van der Waals surface area contributed by atoms with Crippen molar-refractivity contribution in [3.63, 3.8) is 0 Å². The summed E-state index contributed by atoms with van der Waals surface area (Å²) in [6, 6.07) is 0. The monoisotopic (exact) mass is 163 g/mol. The van der Waals surface area contributed by atoms with Gasteiger partial charge in [-0.2, -0.15) is 5.21 Å². The van der Waals surface area contributed by atoms with Crippen LogP contribution in [-0.2, 0) is 0 Å². The van der Waals surface area contributed by atoms with Gasteiger partial charge in [-0.3, -0.25) is 0 Å². The lowest BCUT2D eigenvalue weighted by Gasteiger charge is -1.95. The first-order valence-electron chi connectivity index (χ1n) is 3.18. The fourth-order valence-electron chi connectivity index (χ4n) is 0.783. The lowest BCUT2D eigenvalue weighted by molar-refractivity contribution is 0.881. The Morgan fingerprint density at radius 1 is 1.25 bits per heavy atom. The van der Waals surface area contributed by atoms with Crippen LogP contribution in [-0.4, -0.2) is 30.6 Å². The second-order valence-corrected chi connectivity index (χ2v) is 2.03. The molecule has 0 saturated heterocycles. The van der Waals surface area contributed by atoms with Crippen LogP contribution in [0.3, 0.4) is 0 Å². The summed E-state index contributed by atoms with van der Waals surface area (Å²) in [6.07, 6.45) is 3.01. The van der Waals surface area contributed by atoms with Crippen LogP contribution in [0.15, 0.2) is 12.4 Å². The Morgan fingerprint density at radius 2 is 2.08 bits per heavy atom. The zero-order valence-electron chi connectivity index (χ0n) is 5.97. The molecule has 0 unspecified atom stereocenters. The highest BCUT2D eigenvalue weighted by Gasteiger charge is 2.07. The summed E-state index contributed by atoms with van der Waals surface area (Å²) in [4.78, 5) is 7.78. The van der Waals surface area contributed by atoms with Gasteiger partial charge < -0.3 is 5.73 Å². The van der Waals surface area contributed by atoms with Crippen LogP contribution in [0.1, 0.15) is 0 Å². The number of nitrogens with zero attached hydrogens (tertiary/aromatic N) is 5. The average Bonchev–Trinajstić information content (AvgIpc) is 2.57. The number of anilines is 1. The number of H-pyrrole nitrogens is 1. The molecule has 0 aliphatic rings. The highest BCUT2D eigenvalue weighted by molar-refractivity contribution is 5.61. The van der Waals surface area contributed by atoms with E-state index in [1.807, 2.05) is 0 Å². The standard InChI is InChI=1S/C5H5N7/c6-4-3(7-1-2-8-4)5-9-11-12-10-5/h1-2H,(H2,6,8)(H,9,10,11,12). The Kier molecular flexibility index (Phi) is 1.40. The van der Waals surface area contributed by atoms with Crippen LogP contribution in [0.5, 0.6) is 0 Å². The molecule has 0 bridgehead atoms. The predicted octanol–water partition coefficient (Wildman–Crippen LogP) is -0.761. The Morgan fingerprint density at radius 3 is 2.75 bits per heavy atom. The zero-order chi connectivity index (χ0) is 8.39. The number of nitrogens with two attached hydrogens (primary N) is 1. The van der Waals surface area contributed by atoms with Crippen molar-refractivity contribution in [2.24, 2.45) is 0 Å². The molecule has 0 atom stereocenters. The normalized spacial score (nSPS) is 10.0. The van der Waals surface area contributed by atoms with Gasteiger partial charge >= 0.3 is 0 Å². The van der Waals surface area contributed by atoms with Gasteiger partial charge in [0, 0.05) is 12.4 Å². The smallest absolute Gasteiger partial charge is 0.226 e. The maximum Gasteiger partial charge on any atom is 0.226 e. The van der Waals surface area contributed by atoms with Crippen LogP contribution in [0.4, 0.5) is 5.82 Å². The molecule has 2 rings (SSSR count). The molecule has 0 spiro atoms. The lowest BCUT2D eigenvalue weighted by Crippen LogP contribution is -1.97. The Labute approximate surface area is 67.0 Å². The van der Waals surface area contributed by atoms with Crippen LogP contribution in [0.25, 0.3) is 11.5 Å². The number of aromatic nitrogens is 6. The Hall–Kier alpha value is -2.05. The minimum absolute atomic E-state index is 0.291. The van der Waals surface area contributed by atoms with Gasteiger partial charge in [0.2, 0.25) is 5.82 Å². The molecule has 12 heavy (non-hydrogen) atoms. The first-order valence-corrected chi connectivity index (χ1v) is 3.18. The first-order chi connectivity index (χ1) is 5.88. The van der Waals surface area contributed by atoms with E-state index in [9.17, 15) is 0 Å². The van der Waals surface area contributed by atoms with Gasteiger partial charge in [-0.15, -0.1) is 10.2 Å². The fraction of sp³-hybridized carbons (Fsp3) is 0. The molecule has 0 amide bonds. The Bertz CT molecular complexity index is 367. The molecule has 60 valence electrons. The van der Waals surface area contributed by atoms with Crippen molar-refractivity contribution in [3.05, 3.63) is 12.4 Å². The molecule has 0 saturated carbocycles. The van der Waals surface area contributed by atoms with E-state index in [0.717, 1.165) is 0 Å². The summed E-state index contributed by atoms with van der Waals surface area (Å²) >= 11 is 0. The second-order valence-electron chi connectivity index (χ2n) is 2.03. The van der Waals surface area contributed by atoms with Crippen molar-refractivity contribution < 1.29 is 0 Å². The fourth-order valence-corrected chi connectivity index (χ4v) is 0.783. The van der Waals surface area contributed by atoms with E-state index in [1.165, 1.54) is 12.4 Å². The second kappa shape index (κ2) is 2.53. The molecule has 2 heterocycles. The molecule has 0 aromatic carbocycles. The predicted molar refractivity (Wildman–Crippen MR) is 39.6 cm³/mol. The molecule has 3 N–H and O–H groups in total. The molecule has 0 fully saturated rings. The summed E-state index contributed by atoms with van der Waals surface area (Å²) in [5.74, 6) is 0.638. The number of nitrogens with one attached hydrogen (secondary N) is 1. The zero-order valence-corrected chi connectivity index (χ0v) is 5.97. The van der Waals surface area contributed by atoms with E-state index in [-0.39, 0.29) is 0 Å². The first kappa shape index (κ1) is 6.65. The highest BCUT2D eigenvalue weighted by Crippen LogP contribution is 2.13. The molecule has 2 aromatic rings. The van der Waals surface area contributed by atoms with Crippen molar-refractivity contribution in [1.82, 2.24) is 30.6 Å². The summed E-state index contributed by atoms with van der Waals surface area (Å²) in [5, 5.41) is 13.1. The van der Waals surface area contributed by atoms with Crippen molar-refractivity contribution in [2.75, 3.05) is 5.73 Å². The minimum atomic E-state index is 0.291. The summed E-state index contributed by atoms with van der Waals surface area (Å²) in [5.41, 5.74) is 5.95. The quantitative estimate of drug-likeness (QED) is 0.572. The van der Waals surface area contributed by atoms with Crippen molar-refractivity contribution >= 4 is 5.82 Å². The molecular formula is C5H5N7. The summed E-state index contributed by atoms with van der Waals surface area (Å²) in [6.45, 7) is 0. The maximum atomic E-state index is 5.52. The molecule has 0 aliphatic heterocycles. The van der Waals surface area contributed by atoms with Gasteiger partial charge in [0.25, 0.3) is 0 Å². The van der Waals surface area contributed by atoms with E-state index < -0.39 is 0 Å². The third-order valence-corrected chi connectivity index (χ3v) is 1.28. The topological polar surface area (TPSA) is 106 Å². The lowest BCUT2D eigenvalue weighted by atomic mass is 10.4. The van der Waals surface area contributed by atoms with Crippen molar-refractivity contribution in [3.8, 4) is 11.5 Å². The molecule has 0 aliphatic carbocycles. The van der Waals surface area contributed by atoms with E-state index in [4.69, 9.17) is 5.73 Å². The third kappa shape index (κ3) is 0.965. The van der Waals surface area contributed by atoms with E-state index in [2.05, 4.69) is 30.6 Å². The number of tetrazole rings is 1. The minimum Gasteiger partial charge on any atom is -0.382 e. The summed E-state index contributed by atoms with van der Waals surface area (Å²) in [7, 11) is 0. The average molecular weight is 163 g/mol. The van der Waals surface area contributed by atoms with Crippen LogP contribution < -0.4 is 5.73 Å². The molecule has 0 radical (unpaired) electrons. The highest BCUT2D eigenvalue weighted by atomic mass is 15.5. The van der Waals surface area contributed by atoms with Crippen LogP contribution in [0, 0.1) is 0 Å². The molecule has 2 aromatic heterocycles. The van der Waals surface area contributed by atoms with Gasteiger partial charge in [-0.05, 0) is 5.21 Å². The summed E-state index contributed by atoms with van der Waals surface area (Å²) < 4.78 is 0. The molecular weight excluding hydrogens is 158 g/mol. The van der Waals surface area contributed by atoms with Crippen LogP contribution in [0.2, 0.25) is 0 Å². The number of rotatable bonds is 1. The maximum absolute atomic E-state index is 5.52. The van der Waals surface area contributed by atoms with Gasteiger partial charge in [-0.25, -0.2) is 9.97 Å². The van der Waals surface area contributed by atoms with Gasteiger partial charge in [0.1, 0.15) is 0 Å². The number of hydrogen-bond donors (Lipinski definition) is 2. The van der Waals surface area contributed by atoms with Gasteiger partial charge in [-0.1, -0.05) is 0 Å². The number of nitrogen functional groups attached to an aromatic ring is 1. The van der Waals surface area contributed by atoms with E-state index in [0.29, 0.717) is 17.3 Å².